The number of anilines is 1. The van der Waals surface area contributed by atoms with Gasteiger partial charge in [0, 0.05) is 18.3 Å². The Labute approximate surface area is 122 Å². The lowest BCUT2D eigenvalue weighted by Gasteiger charge is -2.26. The summed E-state index contributed by atoms with van der Waals surface area (Å²) >= 11 is 0. The summed E-state index contributed by atoms with van der Waals surface area (Å²) in [5, 5.41) is 16.6. The van der Waals surface area contributed by atoms with Crippen molar-refractivity contribution < 1.29 is 9.90 Å². The number of aliphatic carboxylic acids is 1. The Balaban J connectivity index is 1.62. The smallest absolute Gasteiger partial charge is 0.306 e. The number of rotatable bonds is 4. The Morgan fingerprint density at radius 3 is 2.90 bits per heavy atom. The standard InChI is InChI=1S/C14H19N5O2/c1-9-6-12(19-14(18-9)16-8-17-19)15-7-10-2-4-11(5-3-10)13(20)21/h6,8,10-11,15H,2-5,7H2,1H3,(H,20,21). The second kappa shape index (κ2) is 5.67. The molecule has 0 spiro atoms. The maximum Gasteiger partial charge on any atom is 0.306 e. The molecule has 21 heavy (non-hydrogen) atoms. The molecule has 2 heterocycles. The molecular formula is C14H19N5O2. The first-order chi connectivity index (χ1) is 10.1. The third kappa shape index (κ3) is 2.96. The van der Waals surface area contributed by atoms with Crippen LogP contribution in [0.25, 0.3) is 5.78 Å². The molecule has 2 aromatic heterocycles. The summed E-state index contributed by atoms with van der Waals surface area (Å²) < 4.78 is 1.69. The van der Waals surface area contributed by atoms with Crippen LogP contribution >= 0.6 is 0 Å². The van der Waals surface area contributed by atoms with Crippen molar-refractivity contribution in [3.05, 3.63) is 18.1 Å². The zero-order valence-corrected chi connectivity index (χ0v) is 12.0. The van der Waals surface area contributed by atoms with Gasteiger partial charge in [0.1, 0.15) is 12.1 Å². The van der Waals surface area contributed by atoms with Gasteiger partial charge in [-0.3, -0.25) is 4.79 Å². The van der Waals surface area contributed by atoms with E-state index in [-0.39, 0.29) is 5.92 Å². The van der Waals surface area contributed by atoms with Crippen LogP contribution in [0.4, 0.5) is 5.82 Å². The van der Waals surface area contributed by atoms with E-state index in [2.05, 4.69) is 20.4 Å². The van der Waals surface area contributed by atoms with Crippen LogP contribution in [0.2, 0.25) is 0 Å². The fourth-order valence-electron chi connectivity index (χ4n) is 2.92. The Bertz CT molecular complexity index is 646. The molecule has 0 radical (unpaired) electrons. The van der Waals surface area contributed by atoms with E-state index in [1.807, 2.05) is 13.0 Å². The fourth-order valence-corrected chi connectivity index (χ4v) is 2.92. The highest BCUT2D eigenvalue weighted by molar-refractivity contribution is 5.70. The molecule has 1 aliphatic carbocycles. The van der Waals surface area contributed by atoms with Crippen molar-refractivity contribution in [3.8, 4) is 0 Å². The zero-order chi connectivity index (χ0) is 14.8. The van der Waals surface area contributed by atoms with Gasteiger partial charge in [-0.25, -0.2) is 4.98 Å². The third-order valence-electron chi connectivity index (χ3n) is 4.15. The topological polar surface area (TPSA) is 92.4 Å². The first-order valence-electron chi connectivity index (χ1n) is 7.27. The van der Waals surface area contributed by atoms with Crippen LogP contribution in [0.3, 0.4) is 0 Å². The number of carbonyl (C=O) groups is 1. The van der Waals surface area contributed by atoms with Crippen molar-refractivity contribution in [2.24, 2.45) is 11.8 Å². The van der Waals surface area contributed by atoms with Crippen LogP contribution in [0.15, 0.2) is 12.4 Å². The summed E-state index contributed by atoms with van der Waals surface area (Å²) in [5.74, 6) is 1.16. The first-order valence-corrected chi connectivity index (χ1v) is 7.27. The summed E-state index contributed by atoms with van der Waals surface area (Å²) in [4.78, 5) is 19.4. The van der Waals surface area contributed by atoms with E-state index in [1.54, 1.807) is 4.52 Å². The van der Waals surface area contributed by atoms with E-state index in [9.17, 15) is 4.79 Å². The van der Waals surface area contributed by atoms with Gasteiger partial charge in [-0.2, -0.15) is 14.6 Å². The number of nitrogens with zero attached hydrogens (tertiary/aromatic N) is 4. The van der Waals surface area contributed by atoms with Gasteiger partial charge in [0.05, 0.1) is 5.92 Å². The van der Waals surface area contributed by atoms with Crippen molar-refractivity contribution in [1.29, 1.82) is 0 Å². The summed E-state index contributed by atoms with van der Waals surface area (Å²) in [7, 11) is 0. The van der Waals surface area contributed by atoms with Crippen molar-refractivity contribution >= 4 is 17.6 Å². The molecule has 0 amide bonds. The van der Waals surface area contributed by atoms with Gasteiger partial charge in [-0.15, -0.1) is 0 Å². The van der Waals surface area contributed by atoms with Gasteiger partial charge in [0.25, 0.3) is 5.78 Å². The van der Waals surface area contributed by atoms with E-state index in [0.29, 0.717) is 11.7 Å². The van der Waals surface area contributed by atoms with E-state index >= 15 is 0 Å². The van der Waals surface area contributed by atoms with Gasteiger partial charge in [-0.05, 0) is 38.5 Å². The second-order valence-corrected chi connectivity index (χ2v) is 5.69. The largest absolute Gasteiger partial charge is 0.481 e. The van der Waals surface area contributed by atoms with Gasteiger partial charge in [-0.1, -0.05) is 0 Å². The molecule has 1 fully saturated rings. The Hall–Kier alpha value is -2.18. The predicted molar refractivity (Wildman–Crippen MR) is 77.1 cm³/mol. The number of fused-ring (bicyclic) bond motifs is 1. The molecule has 112 valence electrons. The molecule has 0 unspecified atom stereocenters. The Kier molecular flexibility index (Phi) is 3.72. The number of aromatic nitrogens is 4. The summed E-state index contributed by atoms with van der Waals surface area (Å²) in [6.07, 6.45) is 4.94. The van der Waals surface area contributed by atoms with Gasteiger partial charge >= 0.3 is 5.97 Å². The molecule has 2 aromatic rings. The number of aryl methyl sites for hydroxylation is 1. The molecule has 7 heteroatoms. The molecular weight excluding hydrogens is 270 g/mol. The van der Waals surface area contributed by atoms with Crippen molar-refractivity contribution in [3.63, 3.8) is 0 Å². The quantitative estimate of drug-likeness (QED) is 0.890. The zero-order valence-electron chi connectivity index (χ0n) is 12.0. The molecule has 3 rings (SSSR count). The normalized spacial score (nSPS) is 22.3. The predicted octanol–water partition coefficient (Wildman–Crippen LogP) is 1.74. The molecule has 0 aliphatic heterocycles. The summed E-state index contributed by atoms with van der Waals surface area (Å²) in [5.41, 5.74) is 0.896. The lowest BCUT2D eigenvalue weighted by molar-refractivity contribution is -0.143. The highest BCUT2D eigenvalue weighted by atomic mass is 16.4. The maximum absolute atomic E-state index is 11.0. The van der Waals surface area contributed by atoms with E-state index < -0.39 is 5.97 Å². The highest BCUT2D eigenvalue weighted by Crippen LogP contribution is 2.29. The first kappa shape index (κ1) is 13.8. The average molecular weight is 289 g/mol. The van der Waals surface area contributed by atoms with E-state index in [1.165, 1.54) is 6.33 Å². The minimum Gasteiger partial charge on any atom is -0.481 e. The van der Waals surface area contributed by atoms with E-state index in [4.69, 9.17) is 5.11 Å². The van der Waals surface area contributed by atoms with Crippen LogP contribution in [-0.2, 0) is 4.79 Å². The molecule has 1 aliphatic rings. The Morgan fingerprint density at radius 1 is 1.43 bits per heavy atom. The molecule has 0 saturated heterocycles. The fraction of sp³-hybridized carbons (Fsp3) is 0.571. The van der Waals surface area contributed by atoms with Crippen molar-refractivity contribution in [2.45, 2.75) is 32.6 Å². The summed E-state index contributed by atoms with van der Waals surface area (Å²) in [6.45, 7) is 2.75. The van der Waals surface area contributed by atoms with Crippen molar-refractivity contribution in [1.82, 2.24) is 19.6 Å². The Morgan fingerprint density at radius 2 is 2.19 bits per heavy atom. The molecule has 0 bridgehead atoms. The molecule has 0 aromatic carbocycles. The molecule has 7 nitrogen and oxygen atoms in total. The van der Waals surface area contributed by atoms with Crippen LogP contribution in [-0.4, -0.2) is 37.2 Å². The van der Waals surface area contributed by atoms with Crippen LogP contribution < -0.4 is 5.32 Å². The number of hydrogen-bond acceptors (Lipinski definition) is 5. The average Bonchev–Trinajstić information content (AvgIpc) is 2.93. The van der Waals surface area contributed by atoms with Crippen LogP contribution in [0, 0.1) is 18.8 Å². The highest BCUT2D eigenvalue weighted by Gasteiger charge is 2.25. The number of nitrogens with one attached hydrogen (secondary N) is 1. The molecule has 2 N–H and O–H groups in total. The maximum atomic E-state index is 11.0. The molecule has 0 atom stereocenters. The number of carboxylic acids is 1. The van der Waals surface area contributed by atoms with Crippen LogP contribution in [0.1, 0.15) is 31.4 Å². The monoisotopic (exact) mass is 289 g/mol. The number of carboxylic acid groups (broad SMARTS) is 1. The lowest BCUT2D eigenvalue weighted by atomic mass is 9.82. The minimum absolute atomic E-state index is 0.161. The summed E-state index contributed by atoms with van der Waals surface area (Å²) in [6, 6.07) is 1.95. The van der Waals surface area contributed by atoms with Crippen LogP contribution in [0.5, 0.6) is 0 Å². The third-order valence-corrected chi connectivity index (χ3v) is 4.15. The van der Waals surface area contributed by atoms with Gasteiger partial charge < -0.3 is 10.4 Å². The SMILES string of the molecule is Cc1cc(NCC2CCC(C(=O)O)CC2)n2ncnc2n1. The molecule has 1 saturated carbocycles. The minimum atomic E-state index is -0.657. The van der Waals surface area contributed by atoms with Crippen molar-refractivity contribution in [2.75, 3.05) is 11.9 Å². The second-order valence-electron chi connectivity index (χ2n) is 5.69. The van der Waals surface area contributed by atoms with Gasteiger partial charge in [0.2, 0.25) is 0 Å². The van der Waals surface area contributed by atoms with Gasteiger partial charge in [0.15, 0.2) is 0 Å². The lowest BCUT2D eigenvalue weighted by Crippen LogP contribution is -2.25. The van der Waals surface area contributed by atoms with E-state index in [0.717, 1.165) is 43.7 Å². The number of hydrogen-bond donors (Lipinski definition) is 2.